The minimum Gasteiger partial charge on any atom is -0.361 e. The van der Waals surface area contributed by atoms with Gasteiger partial charge in [-0.05, 0) is 29.1 Å². The number of hydrogen-bond acceptors (Lipinski definition) is 4. The molecule has 0 radical (unpaired) electrons. The van der Waals surface area contributed by atoms with E-state index >= 15 is 0 Å². The van der Waals surface area contributed by atoms with Gasteiger partial charge in [0.05, 0.1) is 13.1 Å². The highest BCUT2D eigenvalue weighted by molar-refractivity contribution is 7.09. The van der Waals surface area contributed by atoms with Gasteiger partial charge in [0.15, 0.2) is 5.82 Å². The number of anilines is 1. The monoisotopic (exact) mass is 331 g/mol. The first-order valence-electron chi connectivity index (χ1n) is 6.78. The van der Waals surface area contributed by atoms with Crippen molar-refractivity contribution in [3.8, 4) is 0 Å². The van der Waals surface area contributed by atoms with Crippen LogP contribution < -0.4 is 10.9 Å². The summed E-state index contributed by atoms with van der Waals surface area (Å²) >= 11 is 7.52. The van der Waals surface area contributed by atoms with E-state index in [4.69, 9.17) is 11.6 Å². The van der Waals surface area contributed by atoms with Crippen LogP contribution in [0.25, 0.3) is 0 Å². The van der Waals surface area contributed by atoms with Crippen LogP contribution >= 0.6 is 22.9 Å². The Kier molecular flexibility index (Phi) is 4.56. The van der Waals surface area contributed by atoms with Crippen LogP contribution in [-0.2, 0) is 13.1 Å². The van der Waals surface area contributed by atoms with Gasteiger partial charge in [0.2, 0.25) is 0 Å². The van der Waals surface area contributed by atoms with Crippen LogP contribution in [0.1, 0.15) is 10.4 Å². The van der Waals surface area contributed by atoms with Crippen LogP contribution in [0, 0.1) is 0 Å². The fourth-order valence-corrected chi connectivity index (χ4v) is 2.83. The normalized spacial score (nSPS) is 10.6. The number of rotatable bonds is 5. The zero-order valence-electron chi connectivity index (χ0n) is 11.7. The largest absolute Gasteiger partial charge is 0.361 e. The molecule has 0 atom stereocenters. The molecule has 22 heavy (non-hydrogen) atoms. The minimum atomic E-state index is -0.131. The third-order valence-electron chi connectivity index (χ3n) is 3.19. The van der Waals surface area contributed by atoms with Gasteiger partial charge >= 0.3 is 0 Å². The molecule has 0 aliphatic rings. The van der Waals surface area contributed by atoms with E-state index in [0.29, 0.717) is 23.9 Å². The molecule has 4 nitrogen and oxygen atoms in total. The summed E-state index contributed by atoms with van der Waals surface area (Å²) in [6, 6.07) is 11.5. The fourth-order valence-electron chi connectivity index (χ4n) is 2.06. The summed E-state index contributed by atoms with van der Waals surface area (Å²) in [5, 5.41) is 5.79. The van der Waals surface area contributed by atoms with Crippen LogP contribution in [0.3, 0.4) is 0 Å². The molecule has 0 saturated heterocycles. The number of benzene rings is 1. The first-order chi connectivity index (χ1) is 10.7. The molecule has 3 rings (SSSR count). The van der Waals surface area contributed by atoms with Crippen molar-refractivity contribution in [2.24, 2.45) is 0 Å². The predicted molar refractivity (Wildman–Crippen MR) is 90.7 cm³/mol. The molecule has 0 aliphatic heterocycles. The van der Waals surface area contributed by atoms with E-state index in [9.17, 15) is 4.79 Å². The van der Waals surface area contributed by atoms with Gasteiger partial charge < -0.3 is 9.88 Å². The number of nitrogens with one attached hydrogen (secondary N) is 1. The van der Waals surface area contributed by atoms with Crippen molar-refractivity contribution >= 4 is 28.8 Å². The van der Waals surface area contributed by atoms with Gasteiger partial charge in [-0.15, -0.1) is 11.3 Å². The Hall–Kier alpha value is -2.11. The Morgan fingerprint density at radius 3 is 2.77 bits per heavy atom. The highest BCUT2D eigenvalue weighted by Crippen LogP contribution is 2.11. The second-order valence-electron chi connectivity index (χ2n) is 4.77. The van der Waals surface area contributed by atoms with Crippen LogP contribution in [0.15, 0.2) is 59.0 Å². The molecule has 1 aromatic carbocycles. The van der Waals surface area contributed by atoms with Crippen LogP contribution in [-0.4, -0.2) is 9.55 Å². The molecule has 0 amide bonds. The third kappa shape index (κ3) is 3.55. The van der Waals surface area contributed by atoms with E-state index in [1.807, 2.05) is 41.8 Å². The van der Waals surface area contributed by atoms with Crippen LogP contribution in [0.4, 0.5) is 5.82 Å². The summed E-state index contributed by atoms with van der Waals surface area (Å²) in [4.78, 5) is 17.7. The molecule has 0 unspecified atom stereocenters. The molecule has 0 aliphatic carbocycles. The van der Waals surface area contributed by atoms with Gasteiger partial charge in [0, 0.05) is 22.3 Å². The van der Waals surface area contributed by atoms with Crippen molar-refractivity contribution < 1.29 is 0 Å². The Labute approximate surface area is 137 Å². The summed E-state index contributed by atoms with van der Waals surface area (Å²) in [5.74, 6) is 0.366. The summed E-state index contributed by atoms with van der Waals surface area (Å²) in [6.07, 6.45) is 3.32. The van der Waals surface area contributed by atoms with Crippen molar-refractivity contribution in [3.63, 3.8) is 0 Å². The van der Waals surface area contributed by atoms with Crippen molar-refractivity contribution in [1.29, 1.82) is 0 Å². The third-order valence-corrected chi connectivity index (χ3v) is 4.32. The lowest BCUT2D eigenvalue weighted by Crippen LogP contribution is -2.24. The Morgan fingerprint density at radius 1 is 1.23 bits per heavy atom. The van der Waals surface area contributed by atoms with Gasteiger partial charge in [-0.1, -0.05) is 29.8 Å². The summed E-state index contributed by atoms with van der Waals surface area (Å²) in [6.45, 7) is 1.09. The highest BCUT2D eigenvalue weighted by Gasteiger charge is 2.05. The van der Waals surface area contributed by atoms with Crippen LogP contribution in [0.5, 0.6) is 0 Å². The lowest BCUT2D eigenvalue weighted by Gasteiger charge is -2.09. The quantitative estimate of drug-likeness (QED) is 0.776. The van der Waals surface area contributed by atoms with Crippen LogP contribution in [0.2, 0.25) is 5.02 Å². The smallest absolute Gasteiger partial charge is 0.293 e. The SMILES string of the molecule is O=c1c(NCc2cccs2)nccn1Cc1ccc(Cl)cc1. The maximum absolute atomic E-state index is 12.4. The molecule has 112 valence electrons. The topological polar surface area (TPSA) is 46.9 Å². The predicted octanol–water partition coefficient (Wildman–Crippen LogP) is 3.62. The maximum atomic E-state index is 12.4. The van der Waals surface area contributed by atoms with Crippen molar-refractivity contribution in [1.82, 2.24) is 9.55 Å². The number of nitrogens with zero attached hydrogens (tertiary/aromatic N) is 2. The van der Waals surface area contributed by atoms with Crippen molar-refractivity contribution in [3.05, 3.63) is 80.0 Å². The average molecular weight is 332 g/mol. The summed E-state index contributed by atoms with van der Waals surface area (Å²) in [5.41, 5.74) is 0.885. The molecule has 0 bridgehead atoms. The lowest BCUT2D eigenvalue weighted by atomic mass is 10.2. The lowest BCUT2D eigenvalue weighted by molar-refractivity contribution is 0.749. The minimum absolute atomic E-state index is 0.131. The van der Waals surface area contributed by atoms with Gasteiger partial charge in [-0.3, -0.25) is 4.79 Å². The van der Waals surface area contributed by atoms with Gasteiger partial charge in [0.25, 0.3) is 5.56 Å². The average Bonchev–Trinajstić information content (AvgIpc) is 3.04. The first kappa shape index (κ1) is 14.8. The number of halogens is 1. The van der Waals surface area contributed by atoms with E-state index in [1.165, 1.54) is 0 Å². The molecule has 2 aromatic heterocycles. The molecule has 0 fully saturated rings. The van der Waals surface area contributed by atoms with Gasteiger partial charge in [-0.2, -0.15) is 0 Å². The number of aromatic nitrogens is 2. The molecule has 0 spiro atoms. The number of hydrogen-bond donors (Lipinski definition) is 1. The summed E-state index contributed by atoms with van der Waals surface area (Å²) in [7, 11) is 0. The molecular weight excluding hydrogens is 318 g/mol. The van der Waals surface area contributed by atoms with E-state index in [2.05, 4.69) is 10.3 Å². The molecule has 1 N–H and O–H groups in total. The zero-order valence-corrected chi connectivity index (χ0v) is 13.3. The van der Waals surface area contributed by atoms with Crippen molar-refractivity contribution in [2.45, 2.75) is 13.1 Å². The second-order valence-corrected chi connectivity index (χ2v) is 6.24. The van der Waals surface area contributed by atoms with E-state index in [-0.39, 0.29) is 5.56 Å². The van der Waals surface area contributed by atoms with Gasteiger partial charge in [-0.25, -0.2) is 4.98 Å². The van der Waals surface area contributed by atoms with E-state index in [0.717, 1.165) is 10.4 Å². The second kappa shape index (κ2) is 6.77. The maximum Gasteiger partial charge on any atom is 0.293 e. The molecule has 2 heterocycles. The zero-order chi connectivity index (χ0) is 15.4. The Balaban J connectivity index is 1.76. The van der Waals surface area contributed by atoms with Gasteiger partial charge in [0.1, 0.15) is 0 Å². The summed E-state index contributed by atoms with van der Waals surface area (Å²) < 4.78 is 1.63. The Bertz CT molecular complexity index is 797. The fraction of sp³-hybridized carbons (Fsp3) is 0.125. The molecule has 3 aromatic rings. The van der Waals surface area contributed by atoms with E-state index < -0.39 is 0 Å². The van der Waals surface area contributed by atoms with Crippen molar-refractivity contribution in [2.75, 3.05) is 5.32 Å². The first-order valence-corrected chi connectivity index (χ1v) is 8.04. The standard InChI is InChI=1S/C16H14ClN3OS/c17-13-5-3-12(4-6-13)11-20-8-7-18-15(16(20)21)19-10-14-2-1-9-22-14/h1-9H,10-11H2,(H,18,19). The molecule has 0 saturated carbocycles. The number of thiophene rings is 1. The van der Waals surface area contributed by atoms with E-state index in [1.54, 1.807) is 28.3 Å². The molecular formula is C16H14ClN3OS. The molecule has 6 heteroatoms. The Morgan fingerprint density at radius 2 is 2.05 bits per heavy atom. The highest BCUT2D eigenvalue weighted by atomic mass is 35.5.